The molecule has 1 N–H and O–H groups in total. The Hall–Kier alpha value is -0.800. The second-order valence-corrected chi connectivity index (χ2v) is 4.15. The molecule has 2 atom stereocenters. The van der Waals surface area contributed by atoms with Gasteiger partial charge < -0.3 is 9.52 Å². The van der Waals surface area contributed by atoms with Gasteiger partial charge in [-0.3, -0.25) is 4.90 Å². The molecule has 1 saturated heterocycles. The highest BCUT2D eigenvalue weighted by atomic mass is 16.3. The zero-order valence-electron chi connectivity index (χ0n) is 8.52. The number of aliphatic hydroxyl groups is 1. The molecule has 1 aliphatic rings. The smallest absolute Gasteiger partial charge is 0.117 e. The Kier molecular flexibility index (Phi) is 2.89. The van der Waals surface area contributed by atoms with Gasteiger partial charge in [0, 0.05) is 13.1 Å². The lowest BCUT2D eigenvalue weighted by Crippen LogP contribution is -2.41. The molecule has 0 aromatic carbocycles. The molecule has 3 heteroatoms. The first-order valence-electron chi connectivity index (χ1n) is 5.18. The van der Waals surface area contributed by atoms with Gasteiger partial charge in [0.25, 0.3) is 0 Å². The van der Waals surface area contributed by atoms with E-state index < -0.39 is 0 Å². The minimum atomic E-state index is -0.122. The van der Waals surface area contributed by atoms with Gasteiger partial charge >= 0.3 is 0 Å². The highest BCUT2D eigenvalue weighted by Gasteiger charge is 2.24. The van der Waals surface area contributed by atoms with Crippen molar-refractivity contribution in [1.82, 2.24) is 4.90 Å². The average molecular weight is 195 g/mol. The van der Waals surface area contributed by atoms with E-state index in [9.17, 15) is 5.11 Å². The van der Waals surface area contributed by atoms with Gasteiger partial charge in [0.05, 0.1) is 18.9 Å². The molecule has 0 bridgehead atoms. The number of furan rings is 1. The summed E-state index contributed by atoms with van der Waals surface area (Å²) in [6.07, 6.45) is 2.46. The Labute approximate surface area is 84.3 Å². The minimum Gasteiger partial charge on any atom is -0.468 e. The van der Waals surface area contributed by atoms with Gasteiger partial charge in [0.2, 0.25) is 0 Å². The summed E-state index contributed by atoms with van der Waals surface area (Å²) < 4.78 is 5.29. The van der Waals surface area contributed by atoms with Crippen molar-refractivity contribution < 1.29 is 9.52 Å². The van der Waals surface area contributed by atoms with Crippen molar-refractivity contribution in [3.05, 3.63) is 24.2 Å². The minimum absolute atomic E-state index is 0.122. The molecule has 0 aliphatic carbocycles. The molecule has 3 nitrogen and oxygen atoms in total. The topological polar surface area (TPSA) is 36.6 Å². The van der Waals surface area contributed by atoms with Crippen LogP contribution in [0.25, 0.3) is 0 Å². The first kappa shape index (κ1) is 9.74. The van der Waals surface area contributed by atoms with Crippen LogP contribution in [-0.2, 0) is 6.54 Å². The van der Waals surface area contributed by atoms with Crippen LogP contribution < -0.4 is 0 Å². The van der Waals surface area contributed by atoms with Gasteiger partial charge in [-0.25, -0.2) is 0 Å². The van der Waals surface area contributed by atoms with E-state index in [0.717, 1.165) is 31.8 Å². The summed E-state index contributed by atoms with van der Waals surface area (Å²) in [5.41, 5.74) is 0. The van der Waals surface area contributed by atoms with Crippen LogP contribution >= 0.6 is 0 Å². The summed E-state index contributed by atoms with van der Waals surface area (Å²) in [7, 11) is 0. The Bertz CT molecular complexity index is 271. The van der Waals surface area contributed by atoms with Crippen molar-refractivity contribution >= 4 is 0 Å². The fourth-order valence-electron chi connectivity index (χ4n) is 1.99. The maximum absolute atomic E-state index is 9.57. The van der Waals surface area contributed by atoms with Gasteiger partial charge in [0.15, 0.2) is 0 Å². The van der Waals surface area contributed by atoms with E-state index in [1.54, 1.807) is 6.26 Å². The SMILES string of the molecule is CC1CN(Cc2ccco2)CCC1O. The summed E-state index contributed by atoms with van der Waals surface area (Å²) in [4.78, 5) is 2.33. The van der Waals surface area contributed by atoms with Crippen LogP contribution in [0.15, 0.2) is 22.8 Å². The van der Waals surface area contributed by atoms with Gasteiger partial charge in [0.1, 0.15) is 5.76 Å². The van der Waals surface area contributed by atoms with E-state index in [0.29, 0.717) is 5.92 Å². The lowest BCUT2D eigenvalue weighted by Gasteiger charge is -2.33. The zero-order valence-corrected chi connectivity index (χ0v) is 8.52. The molecule has 1 aliphatic heterocycles. The molecule has 2 heterocycles. The Morgan fingerprint density at radius 2 is 2.50 bits per heavy atom. The number of likely N-dealkylation sites (tertiary alicyclic amines) is 1. The predicted octanol–water partition coefficient (Wildman–Crippen LogP) is 1.48. The first-order chi connectivity index (χ1) is 6.75. The van der Waals surface area contributed by atoms with E-state index in [1.165, 1.54) is 0 Å². The Morgan fingerprint density at radius 3 is 3.14 bits per heavy atom. The van der Waals surface area contributed by atoms with Crippen molar-refractivity contribution in [2.75, 3.05) is 13.1 Å². The van der Waals surface area contributed by atoms with E-state index in [1.807, 2.05) is 12.1 Å². The standard InChI is InChI=1S/C11H17NO2/c1-9-7-12(5-4-11(9)13)8-10-3-2-6-14-10/h2-3,6,9,11,13H,4-5,7-8H2,1H3. The predicted molar refractivity (Wildman–Crippen MR) is 53.8 cm³/mol. The van der Waals surface area contributed by atoms with Crippen LogP contribution in [0.5, 0.6) is 0 Å². The number of hydrogen-bond acceptors (Lipinski definition) is 3. The van der Waals surface area contributed by atoms with Gasteiger partial charge in [-0.2, -0.15) is 0 Å². The van der Waals surface area contributed by atoms with Crippen LogP contribution in [-0.4, -0.2) is 29.2 Å². The molecular formula is C11H17NO2. The molecule has 14 heavy (non-hydrogen) atoms. The van der Waals surface area contributed by atoms with E-state index >= 15 is 0 Å². The van der Waals surface area contributed by atoms with Crippen molar-refractivity contribution in [3.8, 4) is 0 Å². The normalized spacial score (nSPS) is 29.3. The van der Waals surface area contributed by atoms with Crippen molar-refractivity contribution in [2.45, 2.75) is 26.0 Å². The fraction of sp³-hybridized carbons (Fsp3) is 0.636. The van der Waals surface area contributed by atoms with Crippen LogP contribution in [0.4, 0.5) is 0 Å². The summed E-state index contributed by atoms with van der Waals surface area (Å²) in [5.74, 6) is 1.38. The molecule has 2 rings (SSSR count). The number of nitrogens with zero attached hydrogens (tertiary/aromatic N) is 1. The number of rotatable bonds is 2. The quantitative estimate of drug-likeness (QED) is 0.776. The largest absolute Gasteiger partial charge is 0.468 e. The zero-order chi connectivity index (χ0) is 9.97. The van der Waals surface area contributed by atoms with Crippen molar-refractivity contribution in [1.29, 1.82) is 0 Å². The molecule has 1 aromatic heterocycles. The third kappa shape index (κ3) is 2.16. The number of aliphatic hydroxyl groups excluding tert-OH is 1. The average Bonchev–Trinajstić information content (AvgIpc) is 2.64. The Morgan fingerprint density at radius 1 is 1.64 bits per heavy atom. The molecule has 78 valence electrons. The molecule has 0 amide bonds. The van der Waals surface area contributed by atoms with Crippen molar-refractivity contribution in [2.24, 2.45) is 5.92 Å². The second kappa shape index (κ2) is 4.15. The summed E-state index contributed by atoms with van der Waals surface area (Å²) in [6, 6.07) is 3.91. The summed E-state index contributed by atoms with van der Waals surface area (Å²) in [5, 5.41) is 9.57. The third-order valence-electron chi connectivity index (χ3n) is 2.90. The maximum Gasteiger partial charge on any atom is 0.117 e. The number of piperidine rings is 1. The first-order valence-corrected chi connectivity index (χ1v) is 5.18. The van der Waals surface area contributed by atoms with Crippen LogP contribution in [0.2, 0.25) is 0 Å². The van der Waals surface area contributed by atoms with E-state index in [-0.39, 0.29) is 6.10 Å². The maximum atomic E-state index is 9.57. The fourth-order valence-corrected chi connectivity index (χ4v) is 1.99. The van der Waals surface area contributed by atoms with Gasteiger partial charge in [-0.05, 0) is 24.5 Å². The lowest BCUT2D eigenvalue weighted by atomic mass is 9.97. The van der Waals surface area contributed by atoms with E-state index in [4.69, 9.17) is 4.42 Å². The van der Waals surface area contributed by atoms with E-state index in [2.05, 4.69) is 11.8 Å². The molecule has 1 aromatic rings. The third-order valence-corrected chi connectivity index (χ3v) is 2.90. The summed E-state index contributed by atoms with van der Waals surface area (Å²) in [6.45, 7) is 4.89. The lowest BCUT2D eigenvalue weighted by molar-refractivity contribution is 0.0296. The van der Waals surface area contributed by atoms with Crippen LogP contribution in [0.3, 0.4) is 0 Å². The van der Waals surface area contributed by atoms with Gasteiger partial charge in [-0.1, -0.05) is 6.92 Å². The molecule has 0 radical (unpaired) electrons. The molecule has 2 unspecified atom stereocenters. The molecule has 1 fully saturated rings. The van der Waals surface area contributed by atoms with Crippen LogP contribution in [0.1, 0.15) is 19.1 Å². The molecular weight excluding hydrogens is 178 g/mol. The Balaban J connectivity index is 1.88. The highest BCUT2D eigenvalue weighted by molar-refractivity contribution is 4.98. The monoisotopic (exact) mass is 195 g/mol. The van der Waals surface area contributed by atoms with Crippen molar-refractivity contribution in [3.63, 3.8) is 0 Å². The molecule has 0 saturated carbocycles. The molecule has 0 spiro atoms. The second-order valence-electron chi connectivity index (χ2n) is 4.15. The summed E-state index contributed by atoms with van der Waals surface area (Å²) >= 11 is 0. The number of hydrogen-bond donors (Lipinski definition) is 1. The van der Waals surface area contributed by atoms with Crippen LogP contribution in [0, 0.1) is 5.92 Å². The van der Waals surface area contributed by atoms with Gasteiger partial charge in [-0.15, -0.1) is 0 Å². The highest BCUT2D eigenvalue weighted by Crippen LogP contribution is 2.18.